The standard InChI is InChI=1S/C20H16ClN3O4/c1-12-7-8-13(21)9-16(12)24-19(27)18(26)23(20(24)28)15-10-17(25)22(11-15)14-5-3-2-4-6-14/h2-9,15H,10-11H2,1H3. The first-order chi connectivity index (χ1) is 13.4. The molecule has 0 radical (unpaired) electrons. The zero-order valence-electron chi connectivity index (χ0n) is 15.0. The monoisotopic (exact) mass is 397 g/mol. The molecule has 142 valence electrons. The molecule has 2 fully saturated rings. The molecule has 2 saturated heterocycles. The normalized spacial score (nSPS) is 19.9. The van der Waals surface area contributed by atoms with Crippen molar-refractivity contribution in [1.82, 2.24) is 4.90 Å². The van der Waals surface area contributed by atoms with E-state index in [1.54, 1.807) is 43.3 Å². The smallest absolute Gasteiger partial charge is 0.310 e. The Morgan fingerprint density at radius 2 is 1.68 bits per heavy atom. The minimum Gasteiger partial charge on any atom is -0.310 e. The van der Waals surface area contributed by atoms with Crippen LogP contribution in [0.2, 0.25) is 5.02 Å². The number of aryl methyl sites for hydroxylation is 1. The van der Waals surface area contributed by atoms with E-state index < -0.39 is 23.9 Å². The van der Waals surface area contributed by atoms with E-state index in [2.05, 4.69) is 0 Å². The summed E-state index contributed by atoms with van der Waals surface area (Å²) in [6.45, 7) is 1.87. The molecule has 2 heterocycles. The molecular weight excluding hydrogens is 382 g/mol. The van der Waals surface area contributed by atoms with Gasteiger partial charge in [-0.15, -0.1) is 0 Å². The summed E-state index contributed by atoms with van der Waals surface area (Å²) in [5.41, 5.74) is 1.58. The van der Waals surface area contributed by atoms with Gasteiger partial charge in [-0.3, -0.25) is 14.4 Å². The SMILES string of the molecule is Cc1ccc(Cl)cc1N1C(=O)C(=O)N(C2CC(=O)N(c3ccccc3)C2)C1=O. The van der Waals surface area contributed by atoms with Crippen molar-refractivity contribution in [3.8, 4) is 0 Å². The zero-order valence-corrected chi connectivity index (χ0v) is 15.7. The van der Waals surface area contributed by atoms with E-state index in [1.165, 1.54) is 11.0 Å². The van der Waals surface area contributed by atoms with Crippen LogP contribution in [0, 0.1) is 6.92 Å². The summed E-state index contributed by atoms with van der Waals surface area (Å²) in [6, 6.07) is 12.3. The van der Waals surface area contributed by atoms with Crippen LogP contribution in [0.4, 0.5) is 16.2 Å². The molecule has 2 aromatic carbocycles. The maximum atomic E-state index is 13.0. The number of amides is 5. The number of urea groups is 1. The van der Waals surface area contributed by atoms with Gasteiger partial charge in [0.1, 0.15) is 0 Å². The third-order valence-electron chi connectivity index (χ3n) is 4.95. The summed E-state index contributed by atoms with van der Waals surface area (Å²) in [6.07, 6.45) is -0.0258. The number of carbonyl (C=O) groups is 4. The van der Waals surface area contributed by atoms with E-state index in [1.807, 2.05) is 6.07 Å². The lowest BCUT2D eigenvalue weighted by molar-refractivity contribution is -0.140. The molecule has 0 bridgehead atoms. The number of anilines is 2. The number of hydrogen-bond donors (Lipinski definition) is 0. The first kappa shape index (κ1) is 18.2. The maximum Gasteiger partial charge on any atom is 0.339 e. The average Bonchev–Trinajstić information content (AvgIpc) is 3.15. The number of halogens is 1. The van der Waals surface area contributed by atoms with Gasteiger partial charge in [-0.05, 0) is 36.8 Å². The van der Waals surface area contributed by atoms with Crippen LogP contribution in [0.1, 0.15) is 12.0 Å². The second kappa shape index (κ2) is 6.76. The molecule has 1 atom stereocenters. The van der Waals surface area contributed by atoms with Gasteiger partial charge in [0.05, 0.1) is 11.7 Å². The Morgan fingerprint density at radius 3 is 2.39 bits per heavy atom. The summed E-state index contributed by atoms with van der Waals surface area (Å²) in [4.78, 5) is 53.8. The fraction of sp³-hybridized carbons (Fsp3) is 0.200. The van der Waals surface area contributed by atoms with Crippen LogP contribution in [0.25, 0.3) is 0 Å². The summed E-state index contributed by atoms with van der Waals surface area (Å²) < 4.78 is 0. The van der Waals surface area contributed by atoms with Crippen LogP contribution in [0.3, 0.4) is 0 Å². The Morgan fingerprint density at radius 1 is 0.964 bits per heavy atom. The Bertz CT molecular complexity index is 1010. The van der Waals surface area contributed by atoms with Crippen LogP contribution in [-0.4, -0.2) is 41.2 Å². The molecule has 0 spiro atoms. The van der Waals surface area contributed by atoms with Gasteiger partial charge in [-0.2, -0.15) is 0 Å². The molecule has 0 N–H and O–H groups in total. The minimum atomic E-state index is -0.944. The summed E-state index contributed by atoms with van der Waals surface area (Å²) in [7, 11) is 0. The first-order valence-electron chi connectivity index (χ1n) is 8.71. The van der Waals surface area contributed by atoms with Gasteiger partial charge in [-0.1, -0.05) is 35.9 Å². The van der Waals surface area contributed by atoms with Gasteiger partial charge in [-0.25, -0.2) is 14.6 Å². The number of rotatable bonds is 3. The lowest BCUT2D eigenvalue weighted by Crippen LogP contribution is -2.43. The van der Waals surface area contributed by atoms with Crippen LogP contribution >= 0.6 is 11.6 Å². The van der Waals surface area contributed by atoms with Gasteiger partial charge in [0, 0.05) is 23.7 Å². The second-order valence-corrected chi connectivity index (χ2v) is 7.16. The quantitative estimate of drug-likeness (QED) is 0.589. The fourth-order valence-electron chi connectivity index (χ4n) is 3.56. The topological polar surface area (TPSA) is 78.0 Å². The highest BCUT2D eigenvalue weighted by Crippen LogP contribution is 2.32. The van der Waals surface area contributed by atoms with Crippen molar-refractivity contribution < 1.29 is 19.2 Å². The average molecular weight is 398 g/mol. The summed E-state index contributed by atoms with van der Waals surface area (Å²) >= 11 is 6.00. The van der Waals surface area contributed by atoms with Crippen LogP contribution in [0.15, 0.2) is 48.5 Å². The molecule has 0 aromatic heterocycles. The zero-order chi connectivity index (χ0) is 20.0. The van der Waals surface area contributed by atoms with Crippen LogP contribution in [-0.2, 0) is 14.4 Å². The molecule has 2 aliphatic heterocycles. The molecule has 5 amide bonds. The van der Waals surface area contributed by atoms with E-state index in [4.69, 9.17) is 11.6 Å². The third-order valence-corrected chi connectivity index (χ3v) is 5.19. The molecule has 8 heteroatoms. The van der Waals surface area contributed by atoms with Gasteiger partial charge < -0.3 is 4.90 Å². The molecule has 28 heavy (non-hydrogen) atoms. The van der Waals surface area contributed by atoms with Crippen molar-refractivity contribution in [3.05, 3.63) is 59.1 Å². The van der Waals surface area contributed by atoms with Crippen molar-refractivity contribution in [1.29, 1.82) is 0 Å². The van der Waals surface area contributed by atoms with E-state index in [9.17, 15) is 19.2 Å². The third kappa shape index (κ3) is 2.84. The van der Waals surface area contributed by atoms with Crippen molar-refractivity contribution in [2.24, 2.45) is 0 Å². The summed E-state index contributed by atoms with van der Waals surface area (Å²) in [5.74, 6) is -2.08. The molecule has 7 nitrogen and oxygen atoms in total. The van der Waals surface area contributed by atoms with E-state index >= 15 is 0 Å². The summed E-state index contributed by atoms with van der Waals surface area (Å²) in [5, 5.41) is 0.346. The molecule has 4 rings (SSSR count). The number of benzene rings is 2. The highest BCUT2D eigenvalue weighted by atomic mass is 35.5. The van der Waals surface area contributed by atoms with E-state index in [0.29, 0.717) is 16.3 Å². The number of hydrogen-bond acceptors (Lipinski definition) is 4. The highest BCUT2D eigenvalue weighted by molar-refractivity contribution is 6.53. The van der Waals surface area contributed by atoms with Crippen molar-refractivity contribution >= 4 is 46.7 Å². The van der Waals surface area contributed by atoms with Gasteiger partial charge >= 0.3 is 17.8 Å². The van der Waals surface area contributed by atoms with Crippen LogP contribution < -0.4 is 9.80 Å². The number of imide groups is 2. The largest absolute Gasteiger partial charge is 0.339 e. The molecule has 1 unspecified atom stereocenters. The number of para-hydroxylation sites is 1. The predicted molar refractivity (Wildman–Crippen MR) is 103 cm³/mol. The second-order valence-electron chi connectivity index (χ2n) is 6.73. The highest BCUT2D eigenvalue weighted by Gasteiger charge is 2.51. The maximum absolute atomic E-state index is 13.0. The molecule has 2 aliphatic rings. The van der Waals surface area contributed by atoms with Crippen LogP contribution in [0.5, 0.6) is 0 Å². The first-order valence-corrected chi connectivity index (χ1v) is 9.09. The Hall–Kier alpha value is -3.19. The van der Waals surface area contributed by atoms with E-state index in [0.717, 1.165) is 9.80 Å². The molecule has 0 aliphatic carbocycles. The molecule has 0 saturated carbocycles. The van der Waals surface area contributed by atoms with Gasteiger partial charge in [0.15, 0.2) is 0 Å². The van der Waals surface area contributed by atoms with Gasteiger partial charge in [0.25, 0.3) is 0 Å². The minimum absolute atomic E-state index is 0.0258. The Kier molecular flexibility index (Phi) is 4.39. The fourth-order valence-corrected chi connectivity index (χ4v) is 3.72. The van der Waals surface area contributed by atoms with E-state index in [-0.39, 0.29) is 24.6 Å². The predicted octanol–water partition coefficient (Wildman–Crippen LogP) is 2.75. The lowest BCUT2D eigenvalue weighted by Gasteiger charge is -2.22. The number of carbonyl (C=O) groups excluding carboxylic acids is 4. The van der Waals surface area contributed by atoms with Crippen molar-refractivity contribution in [3.63, 3.8) is 0 Å². The van der Waals surface area contributed by atoms with Gasteiger partial charge in [0.2, 0.25) is 5.91 Å². The Balaban J connectivity index is 1.64. The number of nitrogens with zero attached hydrogens (tertiary/aromatic N) is 3. The van der Waals surface area contributed by atoms with Crippen molar-refractivity contribution in [2.45, 2.75) is 19.4 Å². The van der Waals surface area contributed by atoms with Crippen molar-refractivity contribution in [2.75, 3.05) is 16.3 Å². The Labute approximate surface area is 166 Å². The molecule has 2 aromatic rings. The molecular formula is C20H16ClN3O4. The lowest BCUT2D eigenvalue weighted by atomic mass is 10.2.